The summed E-state index contributed by atoms with van der Waals surface area (Å²) >= 11 is 0. The van der Waals surface area contributed by atoms with E-state index in [1.165, 1.54) is 27.8 Å². The fourth-order valence-corrected chi connectivity index (χ4v) is 3.30. The summed E-state index contributed by atoms with van der Waals surface area (Å²) in [5.41, 5.74) is 6.28. The zero-order valence-electron chi connectivity index (χ0n) is 20.2. The van der Waals surface area contributed by atoms with Crippen molar-refractivity contribution >= 4 is 19.0 Å². The van der Waals surface area contributed by atoms with Crippen molar-refractivity contribution in [3.8, 4) is 5.75 Å². The standard InChI is InChI=1S/C26H28NO.Na.H3O4P/c1-4-25(21-11-7-5-8-12-21)26(22-13-9-6-10-14-22)23-15-17-24(18-16-23)28-20-19-27(2)3;;1-5(2,3)4/h5,7-18H,4,19-20H2,1-3H3;;(H3,1,2,3,4)/q-1;+1;. The van der Waals surface area contributed by atoms with Crippen LogP contribution in [0.3, 0.4) is 0 Å². The second kappa shape index (κ2) is 15.3. The second-order valence-electron chi connectivity index (χ2n) is 7.55. The van der Waals surface area contributed by atoms with Gasteiger partial charge in [0.2, 0.25) is 0 Å². The average molecular weight is 492 g/mol. The normalized spacial score (nSPS) is 11.6. The second-order valence-corrected chi connectivity index (χ2v) is 8.58. The van der Waals surface area contributed by atoms with Crippen molar-refractivity contribution < 1.29 is 53.5 Å². The third-order valence-corrected chi connectivity index (χ3v) is 4.73. The predicted molar refractivity (Wildman–Crippen MR) is 133 cm³/mol. The summed E-state index contributed by atoms with van der Waals surface area (Å²) in [6, 6.07) is 30.5. The Labute approximate surface area is 224 Å². The zero-order valence-corrected chi connectivity index (χ0v) is 23.1. The van der Waals surface area contributed by atoms with E-state index in [-0.39, 0.29) is 29.6 Å². The molecule has 0 amide bonds. The molecule has 176 valence electrons. The van der Waals surface area contributed by atoms with E-state index in [1.54, 1.807) is 0 Å². The van der Waals surface area contributed by atoms with Crippen molar-refractivity contribution in [3.63, 3.8) is 0 Å². The van der Waals surface area contributed by atoms with E-state index in [1.807, 2.05) is 12.1 Å². The zero-order chi connectivity index (χ0) is 24.3. The van der Waals surface area contributed by atoms with Gasteiger partial charge in [0.25, 0.3) is 0 Å². The fourth-order valence-electron chi connectivity index (χ4n) is 3.30. The van der Waals surface area contributed by atoms with Gasteiger partial charge in [0, 0.05) is 6.54 Å². The van der Waals surface area contributed by atoms with Gasteiger partial charge >= 0.3 is 37.4 Å². The van der Waals surface area contributed by atoms with Gasteiger partial charge in [-0.1, -0.05) is 49.4 Å². The van der Waals surface area contributed by atoms with Crippen molar-refractivity contribution in [1.82, 2.24) is 4.90 Å². The molecule has 0 radical (unpaired) electrons. The molecule has 3 aromatic rings. The van der Waals surface area contributed by atoms with Crippen molar-refractivity contribution in [2.45, 2.75) is 13.3 Å². The minimum Gasteiger partial charge on any atom is -0.492 e. The fraction of sp³-hybridized carbons (Fsp3) is 0.231. The van der Waals surface area contributed by atoms with Gasteiger partial charge in [-0.15, -0.1) is 5.56 Å². The van der Waals surface area contributed by atoms with Crippen LogP contribution in [0.25, 0.3) is 11.1 Å². The molecule has 0 spiro atoms. The summed E-state index contributed by atoms with van der Waals surface area (Å²) in [6.07, 6.45) is 0.957. The topological polar surface area (TPSA) is 90.2 Å². The molecule has 3 N–H and O–H groups in total. The van der Waals surface area contributed by atoms with Crippen LogP contribution in [-0.4, -0.2) is 46.8 Å². The van der Waals surface area contributed by atoms with Gasteiger partial charge in [0.1, 0.15) is 12.4 Å². The van der Waals surface area contributed by atoms with Crippen LogP contribution in [0.5, 0.6) is 5.75 Å². The molecule has 0 aliphatic carbocycles. The smallest absolute Gasteiger partial charge is 0.492 e. The maximum Gasteiger partial charge on any atom is 1.00 e. The van der Waals surface area contributed by atoms with Crippen LogP contribution in [0.15, 0.2) is 78.9 Å². The number of benzene rings is 3. The number of likely N-dealkylation sites (N-methyl/N-ethyl adjacent to an activating group) is 1. The molecule has 0 atom stereocenters. The molecular weight excluding hydrogens is 460 g/mol. The maximum absolute atomic E-state index is 8.88. The molecule has 0 bridgehead atoms. The van der Waals surface area contributed by atoms with E-state index in [0.29, 0.717) is 6.61 Å². The first-order chi connectivity index (χ1) is 15.7. The van der Waals surface area contributed by atoms with Crippen LogP contribution in [0.4, 0.5) is 0 Å². The molecule has 0 fully saturated rings. The van der Waals surface area contributed by atoms with Gasteiger partial charge in [-0.05, 0) is 54.9 Å². The molecular formula is C26H31NNaO5P. The first-order valence-electron chi connectivity index (χ1n) is 10.6. The number of nitrogens with zero attached hydrogens (tertiary/aromatic N) is 1. The number of allylic oxidation sites excluding steroid dienone is 1. The molecule has 0 aliphatic rings. The van der Waals surface area contributed by atoms with Crippen molar-refractivity contribution in [2.24, 2.45) is 0 Å². The Kier molecular flexibility index (Phi) is 13.6. The summed E-state index contributed by atoms with van der Waals surface area (Å²) in [7, 11) is -0.534. The third kappa shape index (κ3) is 11.1. The van der Waals surface area contributed by atoms with Crippen LogP contribution in [-0.2, 0) is 4.57 Å². The monoisotopic (exact) mass is 491 g/mol. The van der Waals surface area contributed by atoms with Crippen LogP contribution in [0.2, 0.25) is 0 Å². The summed E-state index contributed by atoms with van der Waals surface area (Å²) in [5, 5.41) is 0. The van der Waals surface area contributed by atoms with Crippen LogP contribution in [0.1, 0.15) is 30.0 Å². The van der Waals surface area contributed by atoms with E-state index < -0.39 is 7.82 Å². The van der Waals surface area contributed by atoms with E-state index in [9.17, 15) is 0 Å². The molecule has 6 nitrogen and oxygen atoms in total. The minimum absolute atomic E-state index is 0. The Morgan fingerprint density at radius 1 is 0.882 bits per heavy atom. The van der Waals surface area contributed by atoms with Gasteiger partial charge < -0.3 is 24.3 Å². The van der Waals surface area contributed by atoms with Crippen LogP contribution >= 0.6 is 7.82 Å². The molecule has 0 unspecified atom stereocenters. The van der Waals surface area contributed by atoms with E-state index >= 15 is 0 Å². The molecule has 0 saturated carbocycles. The first kappa shape index (κ1) is 30.3. The summed E-state index contributed by atoms with van der Waals surface area (Å²) in [5.74, 6) is 0.907. The van der Waals surface area contributed by atoms with Crippen molar-refractivity contribution in [3.05, 3.63) is 102 Å². The Morgan fingerprint density at radius 3 is 1.91 bits per heavy atom. The Balaban J connectivity index is 0.000000873. The number of phosphoric acid groups is 1. The molecule has 8 heteroatoms. The summed E-state index contributed by atoms with van der Waals surface area (Å²) < 4.78 is 14.7. The molecule has 34 heavy (non-hydrogen) atoms. The number of hydrogen-bond acceptors (Lipinski definition) is 3. The Bertz CT molecular complexity index is 1040. The summed E-state index contributed by atoms with van der Waals surface area (Å²) in [4.78, 5) is 23.7. The SMILES string of the molecule is CCC(=C(c1cc[c-]cc1)c1ccc(OCCN(C)C)cc1)c1ccccc1.O=P(O)(O)O.[Na+]. The maximum atomic E-state index is 8.88. The number of rotatable bonds is 8. The van der Waals surface area contributed by atoms with Gasteiger partial charge in [-0.2, -0.15) is 30.3 Å². The third-order valence-electron chi connectivity index (χ3n) is 4.73. The number of hydrogen-bond donors (Lipinski definition) is 3. The van der Waals surface area contributed by atoms with Gasteiger partial charge in [0.15, 0.2) is 0 Å². The van der Waals surface area contributed by atoms with Gasteiger partial charge in [-0.25, -0.2) is 4.57 Å². The molecule has 0 saturated heterocycles. The minimum atomic E-state index is -4.64. The molecule has 3 rings (SSSR count). The quantitative estimate of drug-likeness (QED) is 0.193. The molecule has 0 aliphatic heterocycles. The molecule has 3 aromatic carbocycles. The Morgan fingerprint density at radius 2 is 1.41 bits per heavy atom. The Hall–Kier alpha value is -1.73. The molecule has 0 aromatic heterocycles. The summed E-state index contributed by atoms with van der Waals surface area (Å²) in [6.45, 7) is 3.81. The van der Waals surface area contributed by atoms with Gasteiger partial charge in [0.05, 0.1) is 0 Å². The molecule has 0 heterocycles. The van der Waals surface area contributed by atoms with Crippen LogP contribution in [0, 0.1) is 6.07 Å². The first-order valence-corrected chi connectivity index (χ1v) is 12.2. The van der Waals surface area contributed by atoms with E-state index in [4.69, 9.17) is 24.0 Å². The van der Waals surface area contributed by atoms with Crippen molar-refractivity contribution in [1.29, 1.82) is 0 Å². The predicted octanol–water partition coefficient (Wildman–Crippen LogP) is 1.87. The van der Waals surface area contributed by atoms with E-state index in [0.717, 1.165) is 18.7 Å². The number of ether oxygens (including phenoxy) is 1. The average Bonchev–Trinajstić information content (AvgIpc) is 2.78. The van der Waals surface area contributed by atoms with Gasteiger partial charge in [-0.3, -0.25) is 0 Å². The van der Waals surface area contributed by atoms with Crippen LogP contribution < -0.4 is 34.3 Å². The largest absolute Gasteiger partial charge is 1.00 e. The van der Waals surface area contributed by atoms with E-state index in [2.05, 4.69) is 98.7 Å². The van der Waals surface area contributed by atoms with Crippen molar-refractivity contribution in [2.75, 3.05) is 27.2 Å².